The van der Waals surface area contributed by atoms with Gasteiger partial charge >= 0.3 is 0 Å². The fraction of sp³-hybridized carbons (Fsp3) is 0.393. The quantitative estimate of drug-likeness (QED) is 0.454. The first-order chi connectivity index (χ1) is 17.4. The summed E-state index contributed by atoms with van der Waals surface area (Å²) in [5.41, 5.74) is 5.17. The van der Waals surface area contributed by atoms with E-state index >= 15 is 0 Å². The van der Waals surface area contributed by atoms with E-state index in [1.54, 1.807) is 13.2 Å². The van der Waals surface area contributed by atoms with Crippen LogP contribution in [0.4, 0.5) is 5.69 Å². The summed E-state index contributed by atoms with van der Waals surface area (Å²) in [5, 5.41) is 9.00. The second-order valence-corrected chi connectivity index (χ2v) is 9.74. The predicted octanol–water partition coefficient (Wildman–Crippen LogP) is 3.00. The van der Waals surface area contributed by atoms with Gasteiger partial charge in [0.1, 0.15) is 11.6 Å². The SMILES string of the molecule is Cc1cccc(N2CCN(CCNC(=O)C(C)n3c4ccccc4c4cnn(C)c(=O)c43)CC2)c1C. The van der Waals surface area contributed by atoms with E-state index < -0.39 is 6.04 Å². The summed E-state index contributed by atoms with van der Waals surface area (Å²) in [6.07, 6.45) is 1.71. The molecule has 0 saturated carbocycles. The molecule has 1 aliphatic heterocycles. The molecule has 0 spiro atoms. The topological polar surface area (TPSA) is 75.4 Å². The lowest BCUT2D eigenvalue weighted by Crippen LogP contribution is -2.49. The molecular weight excluding hydrogens is 452 g/mol. The molecule has 36 heavy (non-hydrogen) atoms. The molecule has 1 aliphatic rings. The lowest BCUT2D eigenvalue weighted by molar-refractivity contribution is -0.123. The zero-order chi connectivity index (χ0) is 25.4. The van der Waals surface area contributed by atoms with Crippen LogP contribution in [0.25, 0.3) is 21.8 Å². The summed E-state index contributed by atoms with van der Waals surface area (Å²) in [6.45, 7) is 11.5. The molecule has 5 rings (SSSR count). The third-order valence-electron chi connectivity index (χ3n) is 7.59. The van der Waals surface area contributed by atoms with Crippen LogP contribution in [0.15, 0.2) is 53.5 Å². The lowest BCUT2D eigenvalue weighted by Gasteiger charge is -2.37. The van der Waals surface area contributed by atoms with Crippen LogP contribution in [0.1, 0.15) is 24.1 Å². The van der Waals surface area contributed by atoms with Gasteiger partial charge in [-0.05, 0) is 44.0 Å². The molecule has 8 nitrogen and oxygen atoms in total. The number of rotatable bonds is 6. The highest BCUT2D eigenvalue weighted by molar-refractivity contribution is 6.08. The van der Waals surface area contributed by atoms with Gasteiger partial charge in [0, 0.05) is 62.8 Å². The fourth-order valence-electron chi connectivity index (χ4n) is 5.28. The van der Waals surface area contributed by atoms with Gasteiger partial charge in [0.25, 0.3) is 5.56 Å². The fourth-order valence-corrected chi connectivity index (χ4v) is 5.28. The smallest absolute Gasteiger partial charge is 0.291 e. The van der Waals surface area contributed by atoms with Crippen molar-refractivity contribution in [1.82, 2.24) is 24.6 Å². The van der Waals surface area contributed by atoms with Gasteiger partial charge in [-0.2, -0.15) is 5.10 Å². The number of fused-ring (bicyclic) bond motifs is 3. The molecule has 2 aromatic heterocycles. The van der Waals surface area contributed by atoms with Crippen LogP contribution < -0.4 is 15.8 Å². The number of hydrogen-bond acceptors (Lipinski definition) is 5. The molecule has 1 saturated heterocycles. The minimum absolute atomic E-state index is 0.0921. The van der Waals surface area contributed by atoms with Gasteiger partial charge in [0.05, 0.1) is 11.7 Å². The lowest BCUT2D eigenvalue weighted by atomic mass is 10.1. The highest BCUT2D eigenvalue weighted by Crippen LogP contribution is 2.29. The Morgan fingerprint density at radius 1 is 1.03 bits per heavy atom. The van der Waals surface area contributed by atoms with Crippen LogP contribution in [-0.4, -0.2) is 64.4 Å². The number of nitrogens with zero attached hydrogens (tertiary/aromatic N) is 5. The summed E-state index contributed by atoms with van der Waals surface area (Å²) in [7, 11) is 1.63. The number of aryl methyl sites for hydroxylation is 2. The van der Waals surface area contributed by atoms with Crippen LogP contribution in [-0.2, 0) is 11.8 Å². The molecular formula is C28H34N6O2. The maximum atomic E-state index is 13.2. The zero-order valence-corrected chi connectivity index (χ0v) is 21.5. The third-order valence-corrected chi connectivity index (χ3v) is 7.59. The first-order valence-electron chi connectivity index (χ1n) is 12.6. The van der Waals surface area contributed by atoms with Gasteiger partial charge in [-0.25, -0.2) is 4.68 Å². The molecule has 1 fully saturated rings. The summed E-state index contributed by atoms with van der Waals surface area (Å²) in [6, 6.07) is 13.8. The summed E-state index contributed by atoms with van der Waals surface area (Å²) in [4.78, 5) is 31.0. The normalized spacial score (nSPS) is 15.5. The molecule has 4 aromatic rings. The number of anilines is 1. The van der Waals surface area contributed by atoms with Crippen molar-refractivity contribution < 1.29 is 4.79 Å². The second-order valence-electron chi connectivity index (χ2n) is 9.74. The van der Waals surface area contributed by atoms with Gasteiger partial charge in [-0.3, -0.25) is 14.5 Å². The van der Waals surface area contributed by atoms with Crippen molar-refractivity contribution in [1.29, 1.82) is 0 Å². The Bertz CT molecular complexity index is 1480. The first-order valence-corrected chi connectivity index (χ1v) is 12.6. The molecule has 8 heteroatoms. The van der Waals surface area contributed by atoms with Crippen molar-refractivity contribution in [3.8, 4) is 0 Å². The first kappa shape index (κ1) is 24.1. The summed E-state index contributed by atoms with van der Waals surface area (Å²) < 4.78 is 3.17. The number of piperazine rings is 1. The number of aromatic nitrogens is 3. The molecule has 1 unspecified atom stereocenters. The molecule has 1 N–H and O–H groups in total. The van der Waals surface area contributed by atoms with Crippen LogP contribution >= 0.6 is 0 Å². The number of carbonyl (C=O) groups is 1. The standard InChI is InChI=1S/C28H34N6O2/c1-19-8-7-11-24(20(19)2)33-16-14-32(15-17-33)13-12-29-27(35)21(3)34-25-10-6-5-9-22(25)23-18-30-31(4)28(36)26(23)34/h5-11,18,21H,12-17H2,1-4H3,(H,29,35). The highest BCUT2D eigenvalue weighted by Gasteiger charge is 2.24. The molecule has 1 atom stereocenters. The Labute approximate surface area is 211 Å². The average Bonchev–Trinajstić information content (AvgIpc) is 3.23. The predicted molar refractivity (Wildman–Crippen MR) is 145 cm³/mol. The van der Waals surface area contributed by atoms with E-state index in [1.807, 2.05) is 35.8 Å². The Kier molecular flexibility index (Phi) is 6.53. The van der Waals surface area contributed by atoms with E-state index in [9.17, 15) is 9.59 Å². The molecule has 3 heterocycles. The van der Waals surface area contributed by atoms with E-state index in [4.69, 9.17) is 0 Å². The molecule has 1 amide bonds. The largest absolute Gasteiger partial charge is 0.369 e. The number of carbonyl (C=O) groups excluding carboxylic acids is 1. The monoisotopic (exact) mass is 486 g/mol. The van der Waals surface area contributed by atoms with E-state index in [-0.39, 0.29) is 11.5 Å². The third kappa shape index (κ3) is 4.26. The van der Waals surface area contributed by atoms with Gasteiger partial charge < -0.3 is 14.8 Å². The summed E-state index contributed by atoms with van der Waals surface area (Å²) >= 11 is 0. The molecule has 0 aliphatic carbocycles. The summed E-state index contributed by atoms with van der Waals surface area (Å²) in [5.74, 6) is -0.0921. The van der Waals surface area contributed by atoms with Crippen molar-refractivity contribution in [3.05, 3.63) is 70.1 Å². The van der Waals surface area contributed by atoms with E-state index in [0.717, 1.165) is 49.0 Å². The number of para-hydroxylation sites is 1. The minimum Gasteiger partial charge on any atom is -0.369 e. The van der Waals surface area contributed by atoms with E-state index in [0.29, 0.717) is 12.1 Å². The Morgan fingerprint density at radius 2 is 1.78 bits per heavy atom. The number of amides is 1. The van der Waals surface area contributed by atoms with Gasteiger partial charge in [0.2, 0.25) is 5.91 Å². The van der Waals surface area contributed by atoms with Crippen LogP contribution in [0, 0.1) is 13.8 Å². The van der Waals surface area contributed by atoms with Crippen LogP contribution in [0.2, 0.25) is 0 Å². The maximum Gasteiger partial charge on any atom is 0.291 e. The van der Waals surface area contributed by atoms with Gasteiger partial charge in [-0.1, -0.05) is 30.3 Å². The number of hydrogen-bond donors (Lipinski definition) is 1. The van der Waals surface area contributed by atoms with Crippen molar-refractivity contribution in [2.75, 3.05) is 44.2 Å². The van der Waals surface area contributed by atoms with Crippen molar-refractivity contribution in [2.24, 2.45) is 7.05 Å². The van der Waals surface area contributed by atoms with Crippen molar-refractivity contribution in [3.63, 3.8) is 0 Å². The average molecular weight is 487 g/mol. The van der Waals surface area contributed by atoms with Crippen molar-refractivity contribution >= 4 is 33.4 Å². The zero-order valence-electron chi connectivity index (χ0n) is 21.5. The van der Waals surface area contributed by atoms with Gasteiger partial charge in [-0.15, -0.1) is 0 Å². The number of benzene rings is 2. The Morgan fingerprint density at radius 3 is 2.56 bits per heavy atom. The van der Waals surface area contributed by atoms with Crippen LogP contribution in [0.3, 0.4) is 0 Å². The van der Waals surface area contributed by atoms with Crippen molar-refractivity contribution in [2.45, 2.75) is 26.8 Å². The molecule has 2 aromatic carbocycles. The van der Waals surface area contributed by atoms with E-state index in [2.05, 4.69) is 52.3 Å². The minimum atomic E-state index is -0.524. The number of nitrogens with one attached hydrogen (secondary N) is 1. The van der Waals surface area contributed by atoms with E-state index in [1.165, 1.54) is 21.5 Å². The van der Waals surface area contributed by atoms with Crippen LogP contribution in [0.5, 0.6) is 0 Å². The van der Waals surface area contributed by atoms with Gasteiger partial charge in [0.15, 0.2) is 0 Å². The molecule has 0 bridgehead atoms. The maximum absolute atomic E-state index is 13.2. The Hall–Kier alpha value is -3.65. The molecule has 188 valence electrons. The highest BCUT2D eigenvalue weighted by atomic mass is 16.2. The molecule has 0 radical (unpaired) electrons. The Balaban J connectivity index is 1.23. The second kappa shape index (κ2) is 9.78.